The average Bonchev–Trinajstić information content (AvgIpc) is 2.37. The molecule has 0 aromatic heterocycles. The van der Waals surface area contributed by atoms with Crippen LogP contribution in [0.1, 0.15) is 43.2 Å². The van der Waals surface area contributed by atoms with Crippen LogP contribution in [0.25, 0.3) is 0 Å². The van der Waals surface area contributed by atoms with E-state index in [-0.39, 0.29) is 0 Å². The lowest BCUT2D eigenvalue weighted by Crippen LogP contribution is -2.44. The van der Waals surface area contributed by atoms with Crippen molar-refractivity contribution >= 4 is 0 Å². The molecule has 0 amide bonds. The summed E-state index contributed by atoms with van der Waals surface area (Å²) in [6.45, 7) is 0. The molecule has 106 valence electrons. The first-order valence-electron chi connectivity index (χ1n) is 7.55. The Morgan fingerprint density at radius 2 is 1.50 bits per heavy atom. The molecule has 0 N–H and O–H groups in total. The summed E-state index contributed by atoms with van der Waals surface area (Å²) in [6, 6.07) is 6.00. The highest BCUT2D eigenvalue weighted by Crippen LogP contribution is 2.59. The maximum Gasteiger partial charge on any atom is 0.428 e. The van der Waals surface area contributed by atoms with Crippen LogP contribution in [0.15, 0.2) is 24.3 Å². The van der Waals surface area contributed by atoms with Gasteiger partial charge in [-0.15, -0.1) is 0 Å². The van der Waals surface area contributed by atoms with Crippen molar-refractivity contribution in [1.82, 2.24) is 0 Å². The standard InChI is InChI=1S/C17H18F3/c18-17(19,20)15-3-1-2-12(9-15)16-13-5-10-4-11(7-13)8-14(16)6-10/h1-3,9-11,13-14H,4-8H2/q+1. The molecule has 4 bridgehead atoms. The van der Waals surface area contributed by atoms with Crippen molar-refractivity contribution in [3.63, 3.8) is 0 Å². The van der Waals surface area contributed by atoms with Crippen LogP contribution in [0.3, 0.4) is 0 Å². The SMILES string of the molecule is FC(F)(F)c1cccc([C+]2C3CC4CC(C3)CC2C4)c1. The predicted octanol–water partition coefficient (Wildman–Crippen LogP) is 5.08. The summed E-state index contributed by atoms with van der Waals surface area (Å²) in [6.07, 6.45) is 1.96. The quantitative estimate of drug-likeness (QED) is 0.628. The molecule has 5 rings (SSSR count). The van der Waals surface area contributed by atoms with Crippen molar-refractivity contribution in [3.05, 3.63) is 41.3 Å². The van der Waals surface area contributed by atoms with Crippen molar-refractivity contribution < 1.29 is 13.2 Å². The second-order valence-corrected chi connectivity index (χ2v) is 6.84. The van der Waals surface area contributed by atoms with E-state index >= 15 is 0 Å². The summed E-state index contributed by atoms with van der Waals surface area (Å²) in [5.41, 5.74) is 0.352. The van der Waals surface area contributed by atoms with Gasteiger partial charge in [0.2, 0.25) is 0 Å². The molecule has 0 saturated heterocycles. The average molecular weight is 279 g/mol. The lowest BCUT2D eigenvalue weighted by molar-refractivity contribution is -0.137. The summed E-state index contributed by atoms with van der Waals surface area (Å²) in [5.74, 6) is 4.12. The van der Waals surface area contributed by atoms with Gasteiger partial charge in [-0.2, -0.15) is 13.2 Å². The van der Waals surface area contributed by atoms with Crippen LogP contribution in [0, 0.1) is 29.6 Å². The fourth-order valence-corrected chi connectivity index (χ4v) is 5.04. The highest BCUT2D eigenvalue weighted by atomic mass is 19.4. The highest BCUT2D eigenvalue weighted by molar-refractivity contribution is 5.39. The molecular formula is C17H18F3+. The largest absolute Gasteiger partial charge is 0.428 e. The zero-order chi connectivity index (χ0) is 13.9. The van der Waals surface area contributed by atoms with E-state index in [9.17, 15) is 13.2 Å². The Morgan fingerprint density at radius 1 is 0.900 bits per heavy atom. The Kier molecular flexibility index (Phi) is 2.64. The predicted molar refractivity (Wildman–Crippen MR) is 70.8 cm³/mol. The maximum absolute atomic E-state index is 12.9. The Morgan fingerprint density at radius 3 is 2.05 bits per heavy atom. The maximum atomic E-state index is 12.9. The van der Waals surface area contributed by atoms with E-state index in [2.05, 4.69) is 0 Å². The second kappa shape index (κ2) is 4.19. The van der Waals surface area contributed by atoms with Crippen molar-refractivity contribution in [2.45, 2.75) is 38.3 Å². The molecule has 0 spiro atoms. The van der Waals surface area contributed by atoms with Gasteiger partial charge in [0, 0.05) is 23.8 Å². The molecule has 4 aliphatic carbocycles. The Labute approximate surface area is 117 Å². The summed E-state index contributed by atoms with van der Waals surface area (Å²) < 4.78 is 38.7. The minimum atomic E-state index is -4.23. The molecule has 0 unspecified atom stereocenters. The van der Waals surface area contributed by atoms with Crippen molar-refractivity contribution in [2.24, 2.45) is 23.7 Å². The van der Waals surface area contributed by atoms with E-state index in [1.807, 2.05) is 6.07 Å². The third-order valence-electron chi connectivity index (χ3n) is 5.54. The normalized spacial score (nSPS) is 35.6. The van der Waals surface area contributed by atoms with E-state index in [4.69, 9.17) is 0 Å². The molecule has 1 aromatic carbocycles. The molecule has 4 saturated carbocycles. The summed E-state index contributed by atoms with van der Waals surface area (Å²) in [5, 5.41) is 0. The van der Waals surface area contributed by atoms with Gasteiger partial charge in [-0.25, -0.2) is 0 Å². The fourth-order valence-electron chi connectivity index (χ4n) is 5.04. The zero-order valence-corrected chi connectivity index (χ0v) is 11.3. The van der Waals surface area contributed by atoms with Crippen LogP contribution in [0.2, 0.25) is 0 Å². The molecule has 20 heavy (non-hydrogen) atoms. The van der Waals surface area contributed by atoms with Gasteiger partial charge in [-0.1, -0.05) is 0 Å². The van der Waals surface area contributed by atoms with E-state index in [1.54, 1.807) is 6.07 Å². The van der Waals surface area contributed by atoms with Crippen LogP contribution in [0.4, 0.5) is 13.2 Å². The molecule has 0 nitrogen and oxygen atoms in total. The van der Waals surface area contributed by atoms with Gasteiger partial charge in [0.25, 0.3) is 0 Å². The van der Waals surface area contributed by atoms with Gasteiger partial charge in [-0.3, -0.25) is 0 Å². The Bertz CT molecular complexity index is 489. The third-order valence-corrected chi connectivity index (χ3v) is 5.54. The van der Waals surface area contributed by atoms with Crippen LogP contribution in [0.5, 0.6) is 0 Å². The molecule has 4 fully saturated rings. The molecular weight excluding hydrogens is 261 g/mol. The molecule has 0 aliphatic heterocycles. The summed E-state index contributed by atoms with van der Waals surface area (Å²) >= 11 is 0. The number of hydrogen-bond donors (Lipinski definition) is 0. The lowest BCUT2D eigenvalue weighted by atomic mass is 9.51. The highest BCUT2D eigenvalue weighted by Gasteiger charge is 2.52. The number of benzene rings is 1. The van der Waals surface area contributed by atoms with Crippen molar-refractivity contribution in [2.75, 3.05) is 0 Å². The van der Waals surface area contributed by atoms with Gasteiger partial charge in [0.1, 0.15) is 11.1 Å². The van der Waals surface area contributed by atoms with Gasteiger partial charge in [-0.05, 0) is 56.1 Å². The minimum Gasteiger partial charge on any atom is -0.165 e. The first kappa shape index (κ1) is 12.6. The van der Waals surface area contributed by atoms with E-state index < -0.39 is 11.7 Å². The molecule has 0 atom stereocenters. The minimum absolute atomic E-state index is 0.503. The van der Waals surface area contributed by atoms with Crippen LogP contribution >= 0.6 is 0 Å². The van der Waals surface area contributed by atoms with Crippen LogP contribution in [-0.2, 0) is 6.18 Å². The monoisotopic (exact) mass is 279 g/mol. The zero-order valence-electron chi connectivity index (χ0n) is 11.3. The molecule has 1 aromatic rings. The van der Waals surface area contributed by atoms with Crippen molar-refractivity contribution in [3.8, 4) is 0 Å². The number of halogens is 3. The number of hydrogen-bond acceptors (Lipinski definition) is 0. The van der Waals surface area contributed by atoms with Gasteiger partial charge >= 0.3 is 6.18 Å². The topological polar surface area (TPSA) is 0 Å². The second-order valence-electron chi connectivity index (χ2n) is 6.84. The molecule has 4 aliphatic rings. The molecule has 0 heterocycles. The van der Waals surface area contributed by atoms with E-state index in [0.29, 0.717) is 11.8 Å². The van der Waals surface area contributed by atoms with Crippen molar-refractivity contribution in [1.29, 1.82) is 0 Å². The van der Waals surface area contributed by atoms with Gasteiger partial charge in [0.05, 0.1) is 6.07 Å². The molecule has 0 radical (unpaired) electrons. The first-order valence-corrected chi connectivity index (χ1v) is 7.55. The van der Waals surface area contributed by atoms with Gasteiger partial charge < -0.3 is 0 Å². The van der Waals surface area contributed by atoms with Crippen LogP contribution < -0.4 is 0 Å². The fraction of sp³-hybridized carbons (Fsp3) is 0.588. The van der Waals surface area contributed by atoms with E-state index in [0.717, 1.165) is 17.4 Å². The Hall–Kier alpha value is -1.12. The number of rotatable bonds is 1. The molecule has 3 heteroatoms. The van der Waals surface area contributed by atoms with Crippen LogP contribution in [-0.4, -0.2) is 0 Å². The lowest BCUT2D eigenvalue weighted by Gasteiger charge is -2.51. The summed E-state index contributed by atoms with van der Waals surface area (Å²) in [4.78, 5) is 0. The Balaban J connectivity index is 1.68. The smallest absolute Gasteiger partial charge is 0.165 e. The van der Waals surface area contributed by atoms with E-state index in [1.165, 1.54) is 50.2 Å². The van der Waals surface area contributed by atoms with Gasteiger partial charge in [0.15, 0.2) is 0 Å². The third kappa shape index (κ3) is 1.94. The first-order chi connectivity index (χ1) is 9.50. The summed E-state index contributed by atoms with van der Waals surface area (Å²) in [7, 11) is 0. The number of alkyl halides is 3.